The Morgan fingerprint density at radius 1 is 0.950 bits per heavy atom. The number of fused-ring (bicyclic) bond motifs is 2. The minimum absolute atomic E-state index is 0.0164. The van der Waals surface area contributed by atoms with Gasteiger partial charge in [0.1, 0.15) is 0 Å². The largest absolute Gasteiger partial charge is 0.238 e. The molecule has 1 aliphatic rings. The molecule has 0 spiro atoms. The molecule has 0 fully saturated rings. The van der Waals surface area contributed by atoms with Crippen LogP contribution in [0, 0.1) is 0 Å². The van der Waals surface area contributed by atoms with E-state index in [0.29, 0.717) is 17.5 Å². The molecule has 0 atom stereocenters. The Kier molecular flexibility index (Phi) is 2.75. The van der Waals surface area contributed by atoms with Gasteiger partial charge in [-0.2, -0.15) is 0 Å². The highest BCUT2D eigenvalue weighted by atomic mass is 32.2. The summed E-state index contributed by atoms with van der Waals surface area (Å²) >= 11 is 0. The van der Waals surface area contributed by atoms with Crippen LogP contribution in [0.3, 0.4) is 0 Å². The number of benzene rings is 2. The summed E-state index contributed by atoms with van der Waals surface area (Å²) in [6.07, 6.45) is 0.454. The molecular formula is C13H11NO4S2. The highest BCUT2D eigenvalue weighted by Gasteiger charge is 2.30. The molecule has 0 radical (unpaired) electrons. The van der Waals surface area contributed by atoms with Crippen LogP contribution < -0.4 is 5.14 Å². The number of sulfonamides is 1. The lowest BCUT2D eigenvalue weighted by Gasteiger charge is -2.20. The number of hydrogen-bond acceptors (Lipinski definition) is 4. The van der Waals surface area contributed by atoms with Crippen molar-refractivity contribution in [3.63, 3.8) is 0 Å². The Hall–Kier alpha value is -1.70. The van der Waals surface area contributed by atoms with Crippen molar-refractivity contribution in [2.45, 2.75) is 21.1 Å². The molecule has 0 bridgehead atoms. The summed E-state index contributed by atoms with van der Waals surface area (Å²) in [7, 11) is -7.63. The minimum Gasteiger partial charge on any atom is -0.225 e. The Labute approximate surface area is 117 Å². The number of rotatable bonds is 1. The number of nitrogens with two attached hydrogens (primary N) is 1. The molecule has 1 aliphatic heterocycles. The van der Waals surface area contributed by atoms with E-state index in [2.05, 4.69) is 0 Å². The van der Waals surface area contributed by atoms with Crippen molar-refractivity contribution >= 4 is 19.9 Å². The topological polar surface area (TPSA) is 94.3 Å². The lowest BCUT2D eigenvalue weighted by atomic mass is 10.0. The summed E-state index contributed by atoms with van der Waals surface area (Å²) in [6, 6.07) is 10.7. The average molecular weight is 309 g/mol. The van der Waals surface area contributed by atoms with E-state index in [9.17, 15) is 16.8 Å². The van der Waals surface area contributed by atoms with Crippen LogP contribution in [0.2, 0.25) is 0 Å². The fourth-order valence-electron chi connectivity index (χ4n) is 2.34. The van der Waals surface area contributed by atoms with Crippen LogP contribution in [-0.4, -0.2) is 16.8 Å². The monoisotopic (exact) mass is 309 g/mol. The Morgan fingerprint density at radius 2 is 1.60 bits per heavy atom. The van der Waals surface area contributed by atoms with Gasteiger partial charge in [0.2, 0.25) is 19.9 Å². The normalized spacial score (nSPS) is 16.2. The summed E-state index contributed by atoms with van der Waals surface area (Å²) in [6.45, 7) is 0. The van der Waals surface area contributed by atoms with Crippen LogP contribution in [0.5, 0.6) is 0 Å². The second-order valence-corrected chi connectivity index (χ2v) is 8.05. The molecule has 2 aromatic carbocycles. The number of hydrogen-bond donors (Lipinski definition) is 1. The molecule has 2 N–H and O–H groups in total. The SMILES string of the molecule is NS(=O)(=O)c1ccc2c(c1)S(=O)(=O)c1ccccc1C2. The molecular weight excluding hydrogens is 298 g/mol. The number of primary sulfonamides is 1. The zero-order valence-corrected chi connectivity index (χ0v) is 11.9. The minimum atomic E-state index is -3.93. The van der Waals surface area contributed by atoms with Gasteiger partial charge in [0, 0.05) is 6.42 Å². The third-order valence-electron chi connectivity index (χ3n) is 3.30. The molecule has 3 rings (SSSR count). The van der Waals surface area contributed by atoms with Crippen molar-refractivity contribution in [1.82, 2.24) is 0 Å². The molecule has 7 heteroatoms. The van der Waals surface area contributed by atoms with Gasteiger partial charge in [0.25, 0.3) is 0 Å². The molecule has 5 nitrogen and oxygen atoms in total. The first-order valence-corrected chi connectivity index (χ1v) is 8.82. The van der Waals surface area contributed by atoms with E-state index in [-0.39, 0.29) is 14.7 Å². The van der Waals surface area contributed by atoms with Gasteiger partial charge in [0.05, 0.1) is 14.7 Å². The molecule has 104 valence electrons. The quantitative estimate of drug-likeness (QED) is 0.727. The van der Waals surface area contributed by atoms with Gasteiger partial charge in [-0.3, -0.25) is 0 Å². The van der Waals surface area contributed by atoms with E-state index >= 15 is 0 Å². The van der Waals surface area contributed by atoms with E-state index in [0.717, 1.165) is 6.07 Å². The molecule has 2 aromatic rings. The lowest BCUT2D eigenvalue weighted by molar-refractivity contribution is 0.590. The second-order valence-electron chi connectivity index (χ2n) is 4.60. The van der Waals surface area contributed by atoms with Crippen LogP contribution in [0.15, 0.2) is 57.2 Å². The number of sulfone groups is 1. The maximum atomic E-state index is 12.5. The van der Waals surface area contributed by atoms with Gasteiger partial charge < -0.3 is 0 Å². The van der Waals surface area contributed by atoms with Crippen LogP contribution in [-0.2, 0) is 26.3 Å². The average Bonchev–Trinajstić information content (AvgIpc) is 2.37. The zero-order valence-electron chi connectivity index (χ0n) is 10.3. The van der Waals surface area contributed by atoms with Gasteiger partial charge in [-0.05, 0) is 29.3 Å². The molecule has 0 amide bonds. The van der Waals surface area contributed by atoms with Crippen LogP contribution in [0.25, 0.3) is 0 Å². The molecule has 20 heavy (non-hydrogen) atoms. The predicted octanol–water partition coefficient (Wildman–Crippen LogP) is 1.07. The van der Waals surface area contributed by atoms with E-state index in [1.165, 1.54) is 18.2 Å². The standard InChI is InChI=1S/C13H11NO4S2/c14-20(17,18)11-6-5-10-7-9-3-1-2-4-12(9)19(15,16)13(10)8-11/h1-6,8H,7H2,(H2,14,17,18). The Morgan fingerprint density at radius 3 is 2.30 bits per heavy atom. The molecule has 0 aliphatic carbocycles. The molecule has 0 saturated heterocycles. The van der Waals surface area contributed by atoms with Gasteiger partial charge in [0.15, 0.2) is 0 Å². The first-order chi connectivity index (χ1) is 9.30. The van der Waals surface area contributed by atoms with Crippen LogP contribution in [0.1, 0.15) is 11.1 Å². The van der Waals surface area contributed by atoms with Crippen molar-refractivity contribution in [2.24, 2.45) is 5.14 Å². The van der Waals surface area contributed by atoms with Gasteiger partial charge in [-0.1, -0.05) is 24.3 Å². The summed E-state index contributed by atoms with van der Waals surface area (Å²) in [4.78, 5) is 0.0426. The maximum Gasteiger partial charge on any atom is 0.238 e. The van der Waals surface area contributed by atoms with Crippen LogP contribution >= 0.6 is 0 Å². The Balaban J connectivity index is 2.31. The van der Waals surface area contributed by atoms with Gasteiger partial charge in [-0.25, -0.2) is 22.0 Å². The first kappa shape index (κ1) is 13.3. The predicted molar refractivity (Wildman–Crippen MR) is 72.5 cm³/mol. The van der Waals surface area contributed by atoms with Gasteiger partial charge in [-0.15, -0.1) is 0 Å². The Bertz CT molecular complexity index is 915. The highest BCUT2D eigenvalue weighted by molar-refractivity contribution is 7.92. The highest BCUT2D eigenvalue weighted by Crippen LogP contribution is 2.35. The molecule has 0 saturated carbocycles. The van der Waals surface area contributed by atoms with E-state index < -0.39 is 19.9 Å². The van der Waals surface area contributed by atoms with Crippen molar-refractivity contribution in [3.8, 4) is 0 Å². The van der Waals surface area contributed by atoms with Crippen molar-refractivity contribution < 1.29 is 16.8 Å². The van der Waals surface area contributed by atoms with E-state index in [4.69, 9.17) is 5.14 Å². The summed E-state index contributed by atoms with van der Waals surface area (Å²) < 4.78 is 47.8. The summed E-state index contributed by atoms with van der Waals surface area (Å²) in [5.74, 6) is 0. The van der Waals surface area contributed by atoms with Crippen molar-refractivity contribution in [1.29, 1.82) is 0 Å². The fourth-order valence-corrected chi connectivity index (χ4v) is 4.71. The first-order valence-electron chi connectivity index (χ1n) is 5.79. The van der Waals surface area contributed by atoms with Crippen molar-refractivity contribution in [2.75, 3.05) is 0 Å². The van der Waals surface area contributed by atoms with Crippen LogP contribution in [0.4, 0.5) is 0 Å². The summed E-state index contributed by atoms with van der Waals surface area (Å²) in [5.41, 5.74) is 1.29. The van der Waals surface area contributed by atoms with Crippen molar-refractivity contribution in [3.05, 3.63) is 53.6 Å². The third-order valence-corrected chi connectivity index (χ3v) is 6.15. The fraction of sp³-hybridized carbons (Fsp3) is 0.0769. The lowest BCUT2D eigenvalue weighted by Crippen LogP contribution is -2.17. The maximum absolute atomic E-state index is 12.5. The molecule has 1 heterocycles. The molecule has 0 aromatic heterocycles. The third kappa shape index (κ3) is 1.94. The second kappa shape index (κ2) is 4.15. The summed E-state index contributed by atoms with van der Waals surface area (Å²) in [5, 5.41) is 5.05. The smallest absolute Gasteiger partial charge is 0.225 e. The molecule has 0 unspecified atom stereocenters. The zero-order chi connectivity index (χ0) is 14.5. The van der Waals surface area contributed by atoms with Gasteiger partial charge >= 0.3 is 0 Å². The van der Waals surface area contributed by atoms with E-state index in [1.54, 1.807) is 18.2 Å². The van der Waals surface area contributed by atoms with E-state index in [1.807, 2.05) is 0 Å².